The highest BCUT2D eigenvalue weighted by atomic mass is 16.6. The first-order valence-corrected chi connectivity index (χ1v) is 18.0. The lowest BCUT2D eigenvalue weighted by atomic mass is 9.34. The molecule has 0 radical (unpaired) electrons. The van der Waals surface area contributed by atoms with Gasteiger partial charge < -0.3 is 30.0 Å². The van der Waals surface area contributed by atoms with Crippen LogP contribution in [-0.4, -0.2) is 86.9 Å². The molecule has 266 valence electrons. The van der Waals surface area contributed by atoms with Gasteiger partial charge in [0.05, 0.1) is 25.7 Å². The van der Waals surface area contributed by atoms with E-state index in [2.05, 4.69) is 46.4 Å². The summed E-state index contributed by atoms with van der Waals surface area (Å²) in [6.45, 7) is 19.1. The van der Waals surface area contributed by atoms with Crippen LogP contribution < -0.4 is 5.73 Å². The normalized spacial score (nSPS) is 44.1. The fourth-order valence-corrected chi connectivity index (χ4v) is 11.9. The number of carboxylic acid groups (broad SMARTS) is 1. The molecule has 9 nitrogen and oxygen atoms in total. The number of aliphatic carboxylic acids is 1. The number of carbonyl (C=O) groups is 3. The van der Waals surface area contributed by atoms with E-state index in [1.54, 1.807) is 0 Å². The molecular formula is C38H62N2O7. The van der Waals surface area contributed by atoms with Crippen molar-refractivity contribution in [3.63, 3.8) is 0 Å². The van der Waals surface area contributed by atoms with Crippen LogP contribution in [0.4, 0.5) is 0 Å². The first kappa shape index (κ1) is 36.5. The lowest BCUT2D eigenvalue weighted by Crippen LogP contribution is -2.71. The smallest absolute Gasteiger partial charge is 0.308 e. The van der Waals surface area contributed by atoms with Crippen LogP contribution in [0.15, 0.2) is 11.6 Å². The topological polar surface area (TPSA) is 128 Å². The maximum absolute atomic E-state index is 14.8. The molecule has 0 aromatic rings. The molecule has 1 unspecified atom stereocenters. The number of carbonyl (C=O) groups excluding carboxylic acids is 2. The Balaban J connectivity index is 1.59. The largest absolute Gasteiger partial charge is 0.481 e. The maximum atomic E-state index is 14.8. The predicted molar refractivity (Wildman–Crippen MR) is 180 cm³/mol. The quantitative estimate of drug-likeness (QED) is 0.304. The zero-order valence-electron chi connectivity index (χ0n) is 30.7. The van der Waals surface area contributed by atoms with E-state index in [1.165, 1.54) is 6.92 Å². The number of carboxylic acids is 1. The van der Waals surface area contributed by atoms with Gasteiger partial charge in [-0.25, -0.2) is 0 Å². The summed E-state index contributed by atoms with van der Waals surface area (Å²) in [5.41, 5.74) is 4.18. The van der Waals surface area contributed by atoms with Crippen LogP contribution in [0.1, 0.15) is 87.5 Å². The van der Waals surface area contributed by atoms with Gasteiger partial charge in [-0.05, 0) is 93.3 Å². The van der Waals surface area contributed by atoms with Gasteiger partial charge in [-0.3, -0.25) is 14.4 Å². The highest BCUT2D eigenvalue weighted by Crippen LogP contribution is 2.74. The van der Waals surface area contributed by atoms with Crippen LogP contribution in [0.2, 0.25) is 0 Å². The number of allylic oxidation sites excluding steroid dienone is 1. The van der Waals surface area contributed by atoms with Crippen molar-refractivity contribution in [1.82, 2.24) is 4.90 Å². The van der Waals surface area contributed by atoms with Crippen molar-refractivity contribution in [3.8, 4) is 0 Å². The number of nitrogens with zero attached hydrogens (tertiary/aromatic N) is 1. The highest BCUT2D eigenvalue weighted by molar-refractivity contribution is 6.00. The minimum absolute atomic E-state index is 0.0327. The van der Waals surface area contributed by atoms with E-state index in [0.717, 1.165) is 37.8 Å². The number of rotatable bonds is 10. The van der Waals surface area contributed by atoms with E-state index in [-0.39, 0.29) is 41.5 Å². The Hall–Kier alpha value is -1.81. The molecular weight excluding hydrogens is 596 g/mol. The SMILES string of the molecule is CC(=O)O[C@@H]1C[C@@]23COC[C@](C)([C@@H]2CC[C@H]2C3=CC(=O)[C@@]3(C)[C@H](C(=O)O)[C@@](C)([C@H](C)C(C)C)CC[C@]23C)[C@H]1OCC(CN)CN(C)C. The fraction of sp³-hybridized carbons (Fsp3) is 0.868. The molecule has 1 aliphatic heterocycles. The summed E-state index contributed by atoms with van der Waals surface area (Å²) in [7, 11) is 4.05. The third-order valence-corrected chi connectivity index (χ3v) is 14.7. The minimum atomic E-state index is -1.05. The lowest BCUT2D eigenvalue weighted by molar-refractivity contribution is -0.267. The van der Waals surface area contributed by atoms with Crippen LogP contribution in [0, 0.1) is 62.6 Å². The molecule has 0 aromatic carbocycles. The minimum Gasteiger partial charge on any atom is -0.481 e. The summed E-state index contributed by atoms with van der Waals surface area (Å²) in [5.74, 6) is -1.31. The summed E-state index contributed by atoms with van der Waals surface area (Å²) in [6.07, 6.45) is 4.85. The monoisotopic (exact) mass is 658 g/mol. The van der Waals surface area contributed by atoms with Crippen LogP contribution >= 0.6 is 0 Å². The van der Waals surface area contributed by atoms with E-state index in [4.69, 9.17) is 19.9 Å². The number of hydrogen-bond donors (Lipinski definition) is 2. The van der Waals surface area contributed by atoms with E-state index in [1.807, 2.05) is 27.1 Å². The highest BCUT2D eigenvalue weighted by Gasteiger charge is 2.74. The third kappa shape index (κ3) is 5.36. The molecule has 1 saturated heterocycles. The zero-order valence-corrected chi connectivity index (χ0v) is 30.7. The van der Waals surface area contributed by atoms with Gasteiger partial charge in [-0.2, -0.15) is 0 Å². The van der Waals surface area contributed by atoms with Gasteiger partial charge in [-0.15, -0.1) is 0 Å². The van der Waals surface area contributed by atoms with Crippen molar-refractivity contribution >= 4 is 17.7 Å². The summed E-state index contributed by atoms with van der Waals surface area (Å²) in [6, 6.07) is 0. The number of nitrogens with two attached hydrogens (primary N) is 1. The van der Waals surface area contributed by atoms with Gasteiger partial charge in [0.25, 0.3) is 0 Å². The van der Waals surface area contributed by atoms with Gasteiger partial charge in [0.15, 0.2) is 5.78 Å². The second kappa shape index (κ2) is 12.5. The maximum Gasteiger partial charge on any atom is 0.308 e. The summed E-state index contributed by atoms with van der Waals surface area (Å²) in [4.78, 5) is 42.9. The first-order chi connectivity index (χ1) is 21.8. The summed E-state index contributed by atoms with van der Waals surface area (Å²) < 4.78 is 19.4. The Morgan fingerprint density at radius 2 is 1.79 bits per heavy atom. The Morgan fingerprint density at radius 3 is 2.36 bits per heavy atom. The Kier molecular flexibility index (Phi) is 9.70. The van der Waals surface area contributed by atoms with Crippen molar-refractivity contribution in [3.05, 3.63) is 11.6 Å². The number of ether oxygens (including phenoxy) is 3. The average Bonchev–Trinajstić information content (AvgIpc) is 2.96. The zero-order chi connectivity index (χ0) is 34.9. The van der Waals surface area contributed by atoms with E-state index < -0.39 is 45.1 Å². The molecule has 5 rings (SSSR count). The van der Waals surface area contributed by atoms with Gasteiger partial charge in [0.2, 0.25) is 0 Å². The van der Waals surface area contributed by atoms with Crippen molar-refractivity contribution in [2.45, 2.75) is 99.7 Å². The van der Waals surface area contributed by atoms with Crippen molar-refractivity contribution in [1.29, 1.82) is 0 Å². The van der Waals surface area contributed by atoms with Crippen molar-refractivity contribution in [2.24, 2.45) is 68.3 Å². The molecule has 4 fully saturated rings. The van der Waals surface area contributed by atoms with E-state index in [9.17, 15) is 19.5 Å². The molecule has 12 atom stereocenters. The average molecular weight is 659 g/mol. The van der Waals surface area contributed by atoms with Crippen molar-refractivity contribution in [2.75, 3.05) is 47.0 Å². The van der Waals surface area contributed by atoms with Crippen LogP contribution in [-0.2, 0) is 28.6 Å². The van der Waals surface area contributed by atoms with Crippen LogP contribution in [0.5, 0.6) is 0 Å². The molecule has 3 N–H and O–H groups in total. The second-order valence-electron chi connectivity index (χ2n) is 17.7. The second-order valence-corrected chi connectivity index (χ2v) is 17.7. The molecule has 0 amide bonds. The molecule has 4 aliphatic carbocycles. The van der Waals surface area contributed by atoms with Crippen LogP contribution in [0.3, 0.4) is 0 Å². The van der Waals surface area contributed by atoms with E-state index in [0.29, 0.717) is 38.7 Å². The van der Waals surface area contributed by atoms with Gasteiger partial charge in [0.1, 0.15) is 12.2 Å². The first-order valence-electron chi connectivity index (χ1n) is 18.0. The number of fused-ring (bicyclic) bond motifs is 3. The Bertz CT molecular complexity index is 1280. The molecule has 47 heavy (non-hydrogen) atoms. The predicted octanol–water partition coefficient (Wildman–Crippen LogP) is 5.21. The molecule has 0 spiro atoms. The molecule has 5 aliphatic rings. The standard InChI is InChI=1S/C38H62N2O7/c1-22(2)23(3)34(5)13-14-36(7)26-11-12-29-35(6)20-45-21-38(29,27(26)15-30(42)37(36,8)31(34)33(43)44)16-28(47-24(4)41)32(35)46-19-25(17-39)18-40(9)10/h15,22-23,25-26,28-29,31-32H,11-14,16-21,39H2,1-10H3,(H,43,44)/t23-,25?,26+,28-,29+,31-,32+,34-,35-,36-,37+,38+/m1/s1. The lowest BCUT2D eigenvalue weighted by Gasteiger charge is -2.70. The Morgan fingerprint density at radius 1 is 1.11 bits per heavy atom. The molecule has 0 aromatic heterocycles. The number of esters is 1. The third-order valence-electron chi connectivity index (χ3n) is 14.7. The molecule has 9 heteroatoms. The summed E-state index contributed by atoms with van der Waals surface area (Å²) >= 11 is 0. The number of ketones is 1. The summed E-state index contributed by atoms with van der Waals surface area (Å²) in [5, 5.41) is 10.9. The van der Waals surface area contributed by atoms with Crippen molar-refractivity contribution < 1.29 is 33.7 Å². The molecule has 2 bridgehead atoms. The fourth-order valence-electron chi connectivity index (χ4n) is 11.9. The van der Waals surface area contributed by atoms with E-state index >= 15 is 0 Å². The number of hydrogen-bond acceptors (Lipinski definition) is 8. The molecule has 3 saturated carbocycles. The van der Waals surface area contributed by atoms with Gasteiger partial charge >= 0.3 is 11.9 Å². The van der Waals surface area contributed by atoms with Gasteiger partial charge in [0, 0.05) is 35.6 Å². The Labute approximate surface area is 282 Å². The van der Waals surface area contributed by atoms with Crippen LogP contribution in [0.25, 0.3) is 0 Å². The molecule has 1 heterocycles. The van der Waals surface area contributed by atoms with Gasteiger partial charge in [-0.1, -0.05) is 54.0 Å².